The van der Waals surface area contributed by atoms with Crippen molar-refractivity contribution in [1.29, 1.82) is 0 Å². The lowest BCUT2D eigenvalue weighted by Crippen LogP contribution is -2.52. The van der Waals surface area contributed by atoms with Gasteiger partial charge in [-0.1, -0.05) is 52.4 Å². The van der Waals surface area contributed by atoms with Gasteiger partial charge in [-0.3, -0.25) is 4.79 Å². The molecule has 0 amide bonds. The highest BCUT2D eigenvalue weighted by molar-refractivity contribution is 6.78. The van der Waals surface area contributed by atoms with Crippen molar-refractivity contribution < 1.29 is 22.5 Å². The van der Waals surface area contributed by atoms with Crippen molar-refractivity contribution >= 4 is 23.1 Å². The van der Waals surface area contributed by atoms with Gasteiger partial charge >= 0.3 is 8.80 Å². The highest BCUT2D eigenvalue weighted by Crippen LogP contribution is 2.51. The summed E-state index contributed by atoms with van der Waals surface area (Å²) in [6.07, 6.45) is 12.9. The van der Waals surface area contributed by atoms with E-state index in [1.807, 2.05) is 6.92 Å². The van der Waals surface area contributed by atoms with Crippen LogP contribution in [-0.4, -0.2) is 44.4 Å². The molecule has 0 aromatic rings. The zero-order valence-corrected chi connectivity index (χ0v) is 20.8. The van der Waals surface area contributed by atoms with E-state index >= 15 is 0 Å². The average Bonchev–Trinajstić information content (AvgIpc) is 2.77. The molecule has 0 spiro atoms. The first-order chi connectivity index (χ1) is 13.5. The van der Waals surface area contributed by atoms with Gasteiger partial charge in [0.1, 0.15) is 0 Å². The van der Waals surface area contributed by atoms with Gasteiger partial charge in [0, 0.05) is 27.4 Å². The van der Waals surface area contributed by atoms with E-state index in [0.29, 0.717) is 17.1 Å². The van der Waals surface area contributed by atoms with Crippen LogP contribution in [0.1, 0.15) is 78.1 Å². The van der Waals surface area contributed by atoms with Crippen LogP contribution in [0.3, 0.4) is 0 Å². The van der Waals surface area contributed by atoms with Crippen molar-refractivity contribution in [3.05, 3.63) is 0 Å². The lowest BCUT2D eigenvalue weighted by Gasteiger charge is -2.46. The fourth-order valence-electron chi connectivity index (χ4n) is 5.58. The topological polar surface area (TPSA) is 54.0 Å². The first kappa shape index (κ1) is 24.1. The molecule has 0 aliphatic heterocycles. The predicted molar refractivity (Wildman–Crippen MR) is 117 cm³/mol. The summed E-state index contributed by atoms with van der Waals surface area (Å²) in [7, 11) is -0.139. The highest BCUT2D eigenvalue weighted by Gasteiger charge is 2.52. The third kappa shape index (κ3) is 5.47. The SMILES string of the molecule is CC[Si](OC(=O)C(C)C[Si](OC)(OC)OC)(C1CCCCC1)C1CCCCC1. The van der Waals surface area contributed by atoms with Crippen LogP contribution in [0.25, 0.3) is 0 Å². The highest BCUT2D eigenvalue weighted by atomic mass is 28.4. The zero-order valence-electron chi connectivity index (χ0n) is 18.8. The Balaban J connectivity index is 2.19. The summed E-state index contributed by atoms with van der Waals surface area (Å²) in [5, 5.41) is 0. The van der Waals surface area contributed by atoms with Gasteiger partial charge in [0.2, 0.25) is 0 Å². The third-order valence-electron chi connectivity index (χ3n) is 7.33. The summed E-state index contributed by atoms with van der Waals surface area (Å²) in [6.45, 7) is 4.23. The molecule has 5 nitrogen and oxygen atoms in total. The Bertz CT molecular complexity index is 445. The fraction of sp³-hybridized carbons (Fsp3) is 0.952. The lowest BCUT2D eigenvalue weighted by molar-refractivity contribution is -0.139. The van der Waals surface area contributed by atoms with Gasteiger partial charge in [0.25, 0.3) is 14.3 Å². The fourth-order valence-corrected chi connectivity index (χ4v) is 13.1. The Kier molecular flexibility index (Phi) is 9.67. The molecule has 2 aliphatic rings. The van der Waals surface area contributed by atoms with Crippen molar-refractivity contribution in [3.8, 4) is 0 Å². The van der Waals surface area contributed by atoms with E-state index in [1.165, 1.54) is 64.2 Å². The van der Waals surface area contributed by atoms with Gasteiger partial charge in [0.15, 0.2) is 0 Å². The van der Waals surface area contributed by atoms with Crippen LogP contribution in [-0.2, 0) is 22.5 Å². The average molecular weight is 431 g/mol. The van der Waals surface area contributed by atoms with Crippen LogP contribution >= 0.6 is 0 Å². The molecule has 2 rings (SSSR count). The standard InChI is InChI=1S/C21H42O5Si2/c1-6-27(19-13-9-7-10-14-19,20-15-11-8-12-16-20)26-21(22)18(2)17-28(23-3,24-4)25-5/h18-20H,6-17H2,1-5H3. The molecule has 0 bridgehead atoms. The molecule has 0 aromatic heterocycles. The predicted octanol–water partition coefficient (Wildman–Crippen LogP) is 5.68. The Morgan fingerprint density at radius 3 is 1.64 bits per heavy atom. The summed E-state index contributed by atoms with van der Waals surface area (Å²) in [5.41, 5.74) is 1.28. The molecule has 2 saturated carbocycles. The molecule has 7 heteroatoms. The van der Waals surface area contributed by atoms with Gasteiger partial charge in [-0.25, -0.2) is 0 Å². The Morgan fingerprint density at radius 2 is 1.29 bits per heavy atom. The maximum Gasteiger partial charge on any atom is 0.501 e. The van der Waals surface area contributed by atoms with E-state index in [2.05, 4.69) is 6.92 Å². The van der Waals surface area contributed by atoms with Gasteiger partial charge in [-0.05, 0) is 42.8 Å². The summed E-state index contributed by atoms with van der Waals surface area (Å²) in [4.78, 5) is 13.3. The van der Waals surface area contributed by atoms with Crippen LogP contribution < -0.4 is 0 Å². The van der Waals surface area contributed by atoms with E-state index in [-0.39, 0.29) is 11.9 Å². The number of rotatable bonds is 10. The molecule has 0 saturated heterocycles. The second-order valence-electron chi connectivity index (χ2n) is 8.80. The normalized spacial score (nSPS) is 21.5. The molecule has 164 valence electrons. The molecule has 2 fully saturated rings. The van der Waals surface area contributed by atoms with E-state index in [0.717, 1.165) is 6.04 Å². The number of carbonyl (C=O) groups excluding carboxylic acids is 1. The maximum absolute atomic E-state index is 13.3. The van der Waals surface area contributed by atoms with Crippen molar-refractivity contribution in [2.45, 2.75) is 101 Å². The van der Waals surface area contributed by atoms with E-state index in [9.17, 15) is 4.79 Å². The lowest BCUT2D eigenvalue weighted by atomic mass is 9.99. The minimum Gasteiger partial charge on any atom is -0.518 e. The molecular weight excluding hydrogens is 388 g/mol. The van der Waals surface area contributed by atoms with Crippen LogP contribution in [0.4, 0.5) is 0 Å². The Labute approximate surface area is 174 Å². The van der Waals surface area contributed by atoms with Crippen molar-refractivity contribution in [2.24, 2.45) is 5.92 Å². The van der Waals surface area contributed by atoms with Crippen molar-refractivity contribution in [2.75, 3.05) is 21.3 Å². The first-order valence-corrected chi connectivity index (χ1v) is 15.6. The second-order valence-corrected chi connectivity index (χ2v) is 16.3. The van der Waals surface area contributed by atoms with E-state index < -0.39 is 17.1 Å². The van der Waals surface area contributed by atoms with Gasteiger partial charge in [-0.15, -0.1) is 0 Å². The molecule has 0 N–H and O–H groups in total. The Morgan fingerprint density at radius 1 is 0.857 bits per heavy atom. The van der Waals surface area contributed by atoms with Gasteiger partial charge < -0.3 is 17.7 Å². The van der Waals surface area contributed by atoms with Crippen molar-refractivity contribution in [3.63, 3.8) is 0 Å². The van der Waals surface area contributed by atoms with Crippen LogP contribution in [0.2, 0.25) is 23.2 Å². The summed E-state index contributed by atoms with van der Waals surface area (Å²) < 4.78 is 23.3. The van der Waals surface area contributed by atoms with Crippen LogP contribution in [0.5, 0.6) is 0 Å². The molecule has 2 aliphatic carbocycles. The minimum absolute atomic E-state index is 0.0484. The number of carbonyl (C=O) groups is 1. The summed E-state index contributed by atoms with van der Waals surface area (Å²) in [6, 6.07) is 1.53. The largest absolute Gasteiger partial charge is 0.518 e. The van der Waals surface area contributed by atoms with Gasteiger partial charge in [0.05, 0.1) is 5.92 Å². The molecule has 1 atom stereocenters. The minimum atomic E-state index is -2.79. The molecule has 0 heterocycles. The number of hydrogen-bond acceptors (Lipinski definition) is 5. The Hall–Kier alpha value is -0.216. The van der Waals surface area contributed by atoms with Crippen LogP contribution in [0.15, 0.2) is 0 Å². The number of hydrogen-bond donors (Lipinski definition) is 0. The zero-order chi connectivity index (χ0) is 20.6. The smallest absolute Gasteiger partial charge is 0.501 e. The van der Waals surface area contributed by atoms with E-state index in [1.54, 1.807) is 21.3 Å². The molecular formula is C21H42O5Si2. The first-order valence-electron chi connectivity index (χ1n) is 11.3. The second kappa shape index (κ2) is 11.3. The summed E-state index contributed by atoms with van der Waals surface area (Å²) >= 11 is 0. The maximum atomic E-state index is 13.3. The van der Waals surface area contributed by atoms with Crippen molar-refractivity contribution in [1.82, 2.24) is 0 Å². The molecule has 0 radical (unpaired) electrons. The monoisotopic (exact) mass is 430 g/mol. The molecule has 1 unspecified atom stereocenters. The quantitative estimate of drug-likeness (QED) is 0.417. The van der Waals surface area contributed by atoms with Gasteiger partial charge in [-0.2, -0.15) is 0 Å². The molecule has 0 aromatic carbocycles. The third-order valence-corrected chi connectivity index (χ3v) is 15.9. The van der Waals surface area contributed by atoms with E-state index in [4.69, 9.17) is 17.7 Å². The van der Waals surface area contributed by atoms with Crippen LogP contribution in [0, 0.1) is 5.92 Å². The summed E-state index contributed by atoms with van der Waals surface area (Å²) in [5.74, 6) is -0.315. The molecule has 28 heavy (non-hydrogen) atoms.